The first kappa shape index (κ1) is 21.7. The number of rotatable bonds is 5. The highest BCUT2D eigenvalue weighted by Crippen LogP contribution is 2.33. The number of hydrogen-bond donors (Lipinski definition) is 0. The quantitative estimate of drug-likeness (QED) is 0.574. The summed E-state index contributed by atoms with van der Waals surface area (Å²) < 4.78 is 10.9. The fraction of sp³-hybridized carbons (Fsp3) is 0.407. The average Bonchev–Trinajstić information content (AvgIpc) is 3.42. The monoisotopic (exact) mass is 445 g/mol. The molecule has 1 saturated carbocycles. The predicted octanol–water partition coefficient (Wildman–Crippen LogP) is 4.62. The van der Waals surface area contributed by atoms with Gasteiger partial charge in [0.2, 0.25) is 0 Å². The second kappa shape index (κ2) is 9.40. The van der Waals surface area contributed by atoms with Crippen LogP contribution < -0.4 is 9.47 Å². The van der Waals surface area contributed by atoms with Crippen molar-refractivity contribution in [1.29, 1.82) is 0 Å². The van der Waals surface area contributed by atoms with Gasteiger partial charge in [0, 0.05) is 43.2 Å². The van der Waals surface area contributed by atoms with Crippen molar-refractivity contribution in [2.75, 3.05) is 40.4 Å². The lowest BCUT2D eigenvalue weighted by molar-refractivity contribution is 0.0575. The second-order valence-electron chi connectivity index (χ2n) is 8.91. The molecule has 2 aliphatic rings. The molecular weight excluding hydrogens is 414 g/mol. The Balaban J connectivity index is 1.46. The molecule has 1 aliphatic heterocycles. The fourth-order valence-corrected chi connectivity index (χ4v) is 5.23. The Labute approximate surface area is 195 Å². The summed E-state index contributed by atoms with van der Waals surface area (Å²) >= 11 is 0. The van der Waals surface area contributed by atoms with Crippen molar-refractivity contribution in [3.63, 3.8) is 0 Å². The lowest BCUT2D eigenvalue weighted by atomic mass is 10.0. The van der Waals surface area contributed by atoms with Crippen molar-refractivity contribution >= 4 is 16.8 Å². The Kier molecular flexibility index (Phi) is 6.18. The maximum atomic E-state index is 13.7. The van der Waals surface area contributed by atoms with Crippen LogP contribution in [-0.2, 0) is 0 Å². The zero-order valence-electron chi connectivity index (χ0n) is 19.4. The number of amides is 1. The molecule has 0 radical (unpaired) electrons. The number of fused-ring (bicyclic) bond motifs is 1. The zero-order valence-corrected chi connectivity index (χ0v) is 19.4. The number of nitrogens with zero attached hydrogens (tertiary/aromatic N) is 3. The molecule has 2 aromatic carbocycles. The van der Waals surface area contributed by atoms with E-state index in [1.807, 2.05) is 53.4 Å². The van der Waals surface area contributed by atoms with Gasteiger partial charge in [-0.1, -0.05) is 31.0 Å². The smallest absolute Gasteiger partial charge is 0.254 e. The van der Waals surface area contributed by atoms with Crippen molar-refractivity contribution in [3.05, 3.63) is 54.1 Å². The minimum absolute atomic E-state index is 0.0846. The van der Waals surface area contributed by atoms with Gasteiger partial charge in [0.25, 0.3) is 5.91 Å². The molecule has 5 rings (SSSR count). The van der Waals surface area contributed by atoms with E-state index < -0.39 is 0 Å². The van der Waals surface area contributed by atoms with Crippen LogP contribution in [0.2, 0.25) is 0 Å². The molecule has 1 aromatic heterocycles. The highest BCUT2D eigenvalue weighted by Gasteiger charge is 2.29. The summed E-state index contributed by atoms with van der Waals surface area (Å²) in [6.07, 6.45) is 5.28. The second-order valence-corrected chi connectivity index (χ2v) is 8.91. The van der Waals surface area contributed by atoms with Crippen LogP contribution in [0.25, 0.3) is 22.2 Å². The van der Waals surface area contributed by atoms with Crippen LogP contribution in [0.15, 0.2) is 48.5 Å². The molecule has 1 saturated heterocycles. The van der Waals surface area contributed by atoms with E-state index in [1.165, 1.54) is 25.7 Å². The molecule has 6 heteroatoms. The van der Waals surface area contributed by atoms with Gasteiger partial charge in [-0.3, -0.25) is 9.69 Å². The van der Waals surface area contributed by atoms with Gasteiger partial charge >= 0.3 is 0 Å². The number of aromatic nitrogens is 1. The number of benzene rings is 2. The summed E-state index contributed by atoms with van der Waals surface area (Å²) in [6.45, 7) is 3.47. The summed E-state index contributed by atoms with van der Waals surface area (Å²) in [4.78, 5) is 23.1. The third kappa shape index (κ3) is 4.27. The minimum Gasteiger partial charge on any atom is -0.493 e. The van der Waals surface area contributed by atoms with E-state index in [9.17, 15) is 4.79 Å². The number of ether oxygens (including phenoxy) is 2. The first-order chi connectivity index (χ1) is 16.2. The van der Waals surface area contributed by atoms with Crippen molar-refractivity contribution in [2.45, 2.75) is 31.7 Å². The van der Waals surface area contributed by atoms with Crippen LogP contribution in [0.4, 0.5) is 0 Å². The summed E-state index contributed by atoms with van der Waals surface area (Å²) in [5.41, 5.74) is 3.17. The van der Waals surface area contributed by atoms with Crippen LogP contribution >= 0.6 is 0 Å². The molecule has 3 aromatic rings. The van der Waals surface area contributed by atoms with Crippen LogP contribution in [0, 0.1) is 0 Å². The Morgan fingerprint density at radius 2 is 1.64 bits per heavy atom. The van der Waals surface area contributed by atoms with Gasteiger partial charge in [0.05, 0.1) is 31.0 Å². The van der Waals surface area contributed by atoms with Gasteiger partial charge in [0.1, 0.15) is 0 Å². The zero-order chi connectivity index (χ0) is 22.8. The van der Waals surface area contributed by atoms with Crippen LogP contribution in [0.1, 0.15) is 36.0 Å². The van der Waals surface area contributed by atoms with Gasteiger partial charge in [-0.05, 0) is 43.2 Å². The number of para-hydroxylation sites is 1. The van der Waals surface area contributed by atoms with Crippen molar-refractivity contribution in [1.82, 2.24) is 14.8 Å². The maximum absolute atomic E-state index is 13.7. The third-order valence-corrected chi connectivity index (χ3v) is 7.07. The summed E-state index contributed by atoms with van der Waals surface area (Å²) in [5, 5.41) is 0.893. The normalized spacial score (nSPS) is 17.5. The first-order valence-electron chi connectivity index (χ1n) is 11.8. The van der Waals surface area contributed by atoms with E-state index >= 15 is 0 Å². The summed E-state index contributed by atoms with van der Waals surface area (Å²) in [5.74, 6) is 1.39. The largest absolute Gasteiger partial charge is 0.493 e. The predicted molar refractivity (Wildman–Crippen MR) is 130 cm³/mol. The summed E-state index contributed by atoms with van der Waals surface area (Å²) in [7, 11) is 3.24. The number of methoxy groups -OCH3 is 2. The van der Waals surface area contributed by atoms with E-state index in [4.69, 9.17) is 14.5 Å². The molecular formula is C27H31N3O3. The Bertz CT molecular complexity index is 1150. The molecule has 2 fully saturated rings. The van der Waals surface area contributed by atoms with Crippen molar-refractivity contribution < 1.29 is 14.3 Å². The number of pyridine rings is 1. The molecule has 0 unspecified atom stereocenters. The third-order valence-electron chi connectivity index (χ3n) is 7.07. The molecule has 172 valence electrons. The van der Waals surface area contributed by atoms with Crippen LogP contribution in [-0.4, -0.2) is 67.1 Å². The van der Waals surface area contributed by atoms with Crippen molar-refractivity contribution in [2.24, 2.45) is 0 Å². The Morgan fingerprint density at radius 1 is 0.909 bits per heavy atom. The highest BCUT2D eigenvalue weighted by atomic mass is 16.5. The molecule has 6 nitrogen and oxygen atoms in total. The molecule has 2 heterocycles. The summed E-state index contributed by atoms with van der Waals surface area (Å²) in [6, 6.07) is 16.2. The lowest BCUT2D eigenvalue weighted by Crippen LogP contribution is -2.51. The SMILES string of the molecule is COc1ccc(-c2cc(C(=O)N3CCN(C4CCCC4)CC3)c3ccccc3n2)cc1OC. The fourth-order valence-electron chi connectivity index (χ4n) is 5.23. The first-order valence-corrected chi connectivity index (χ1v) is 11.8. The van der Waals surface area contributed by atoms with E-state index in [1.54, 1.807) is 14.2 Å². The molecule has 0 N–H and O–H groups in total. The van der Waals surface area contributed by atoms with Crippen LogP contribution in [0.3, 0.4) is 0 Å². The number of hydrogen-bond acceptors (Lipinski definition) is 5. The number of carbonyl (C=O) groups excluding carboxylic acids is 1. The standard InChI is InChI=1S/C27H31N3O3/c1-32-25-12-11-19(17-26(25)33-2)24-18-22(21-9-5-6-10-23(21)28-24)27(31)30-15-13-29(14-16-30)20-7-3-4-8-20/h5-6,9-12,17-18,20H,3-4,7-8,13-16H2,1-2H3. The van der Waals surface area contributed by atoms with Gasteiger partial charge in [-0.25, -0.2) is 4.98 Å². The molecule has 33 heavy (non-hydrogen) atoms. The molecule has 1 amide bonds. The van der Waals surface area contributed by atoms with Gasteiger partial charge in [-0.2, -0.15) is 0 Å². The van der Waals surface area contributed by atoms with E-state index in [0.717, 1.165) is 48.3 Å². The van der Waals surface area contributed by atoms with Crippen molar-refractivity contribution in [3.8, 4) is 22.8 Å². The van der Waals surface area contributed by atoms with E-state index in [2.05, 4.69) is 4.90 Å². The molecule has 1 aliphatic carbocycles. The maximum Gasteiger partial charge on any atom is 0.254 e. The topological polar surface area (TPSA) is 54.9 Å². The number of piperazine rings is 1. The molecule has 0 atom stereocenters. The van der Waals surface area contributed by atoms with Gasteiger partial charge < -0.3 is 14.4 Å². The van der Waals surface area contributed by atoms with E-state index in [-0.39, 0.29) is 5.91 Å². The lowest BCUT2D eigenvalue weighted by Gasteiger charge is -2.38. The molecule has 0 spiro atoms. The molecule has 0 bridgehead atoms. The number of carbonyl (C=O) groups is 1. The highest BCUT2D eigenvalue weighted by molar-refractivity contribution is 6.07. The van der Waals surface area contributed by atoms with Gasteiger partial charge in [0.15, 0.2) is 11.5 Å². The Hall–Kier alpha value is -3.12. The minimum atomic E-state index is 0.0846. The Morgan fingerprint density at radius 3 is 2.36 bits per heavy atom. The van der Waals surface area contributed by atoms with E-state index in [0.29, 0.717) is 23.1 Å². The van der Waals surface area contributed by atoms with Crippen LogP contribution in [0.5, 0.6) is 11.5 Å². The average molecular weight is 446 g/mol. The van der Waals surface area contributed by atoms with Gasteiger partial charge in [-0.15, -0.1) is 0 Å².